The summed E-state index contributed by atoms with van der Waals surface area (Å²) in [6.45, 7) is 0. The molecule has 2 aliphatic rings. The van der Waals surface area contributed by atoms with Crippen LogP contribution in [-0.4, -0.2) is 0 Å². The first kappa shape index (κ1) is 34.1. The van der Waals surface area contributed by atoms with E-state index < -0.39 is 5.41 Å². The number of benzene rings is 11. The summed E-state index contributed by atoms with van der Waals surface area (Å²) in [7, 11) is 0. The maximum atomic E-state index is 2.55. The lowest BCUT2D eigenvalue weighted by Crippen LogP contribution is -2.26. The molecule has 0 unspecified atom stereocenters. The fraction of sp³-hybridized carbons (Fsp3) is 0.0164. The fourth-order valence-corrected chi connectivity index (χ4v) is 10.9. The van der Waals surface area contributed by atoms with Crippen LogP contribution in [-0.2, 0) is 5.41 Å². The van der Waals surface area contributed by atoms with Gasteiger partial charge in [-0.05, 0) is 158 Å². The van der Waals surface area contributed by atoms with Crippen molar-refractivity contribution in [2.75, 3.05) is 0 Å². The minimum absolute atomic E-state index is 0.491. The van der Waals surface area contributed by atoms with Gasteiger partial charge in [-0.1, -0.05) is 194 Å². The highest BCUT2D eigenvalue weighted by Gasteiger charge is 2.52. The molecule has 0 aromatic heterocycles. The fourth-order valence-electron chi connectivity index (χ4n) is 10.9. The molecule has 13 rings (SSSR count). The first-order valence-corrected chi connectivity index (χ1v) is 21.3. The van der Waals surface area contributed by atoms with E-state index >= 15 is 0 Å². The molecule has 0 nitrogen and oxygen atoms in total. The maximum absolute atomic E-state index is 2.55. The zero-order valence-electron chi connectivity index (χ0n) is 33.4. The molecule has 61 heavy (non-hydrogen) atoms. The molecular formula is C61H38. The van der Waals surface area contributed by atoms with Crippen molar-refractivity contribution in [2.45, 2.75) is 5.41 Å². The third-order valence-corrected chi connectivity index (χ3v) is 13.6. The van der Waals surface area contributed by atoms with Crippen LogP contribution in [0.1, 0.15) is 22.3 Å². The standard InChI is InChI=1S/C61H38/c1-3-13-39(14-4-1)41-23-25-44-35-46(28-27-43(44)33-41)48-31-32-54-58(37-48)61(56-21-11-9-18-51(56)52-19-10-12-22-57(52)61)59-38-55(50-17-7-8-20-53(50)60(54)59)49-30-29-45-34-42(24-26-47(45)36-49)40-15-5-2-6-16-40/h1-38H. The number of hydrogen-bond donors (Lipinski definition) is 0. The lowest BCUT2D eigenvalue weighted by atomic mass is 9.69. The lowest BCUT2D eigenvalue weighted by molar-refractivity contribution is 0.795. The Labute approximate surface area is 355 Å². The molecule has 0 atom stereocenters. The van der Waals surface area contributed by atoms with E-state index in [1.807, 2.05) is 0 Å². The Balaban J connectivity index is 1.03. The van der Waals surface area contributed by atoms with Gasteiger partial charge in [0.25, 0.3) is 0 Å². The molecule has 11 aromatic carbocycles. The summed E-state index contributed by atoms with van der Waals surface area (Å²) in [6.07, 6.45) is 0. The number of fused-ring (bicyclic) bond motifs is 14. The highest BCUT2D eigenvalue weighted by molar-refractivity contribution is 6.12. The van der Waals surface area contributed by atoms with Crippen molar-refractivity contribution in [3.05, 3.63) is 253 Å². The van der Waals surface area contributed by atoms with Crippen LogP contribution in [0, 0.1) is 0 Å². The van der Waals surface area contributed by atoms with E-state index in [1.165, 1.54) is 121 Å². The Morgan fingerprint density at radius 1 is 0.213 bits per heavy atom. The van der Waals surface area contributed by atoms with Crippen LogP contribution in [0.4, 0.5) is 0 Å². The van der Waals surface area contributed by atoms with Crippen LogP contribution in [0.15, 0.2) is 231 Å². The molecule has 0 N–H and O–H groups in total. The molecule has 282 valence electrons. The molecule has 0 radical (unpaired) electrons. The summed E-state index contributed by atoms with van der Waals surface area (Å²) in [5.74, 6) is 0. The average Bonchev–Trinajstić information content (AvgIpc) is 3.80. The predicted molar refractivity (Wildman–Crippen MR) is 257 cm³/mol. The first-order valence-electron chi connectivity index (χ1n) is 21.3. The largest absolute Gasteiger partial charge is 0.0726 e. The van der Waals surface area contributed by atoms with E-state index in [1.54, 1.807) is 0 Å². The average molecular weight is 771 g/mol. The van der Waals surface area contributed by atoms with Crippen LogP contribution in [0.3, 0.4) is 0 Å². The van der Waals surface area contributed by atoms with Crippen molar-refractivity contribution in [3.8, 4) is 66.8 Å². The van der Waals surface area contributed by atoms with Crippen molar-refractivity contribution in [1.29, 1.82) is 0 Å². The number of hydrogen-bond acceptors (Lipinski definition) is 0. The maximum Gasteiger partial charge on any atom is 0.0726 e. The van der Waals surface area contributed by atoms with Gasteiger partial charge in [-0.3, -0.25) is 0 Å². The zero-order valence-corrected chi connectivity index (χ0v) is 33.4. The summed E-state index contributed by atoms with van der Waals surface area (Å²) in [4.78, 5) is 0. The van der Waals surface area contributed by atoms with Gasteiger partial charge in [0.1, 0.15) is 0 Å². The minimum atomic E-state index is -0.491. The molecule has 0 heteroatoms. The van der Waals surface area contributed by atoms with Crippen LogP contribution >= 0.6 is 0 Å². The molecule has 0 saturated carbocycles. The summed E-state index contributed by atoms with van der Waals surface area (Å²) >= 11 is 0. The molecule has 0 amide bonds. The molecule has 0 saturated heterocycles. The third kappa shape index (κ3) is 5.00. The van der Waals surface area contributed by atoms with Gasteiger partial charge in [0.15, 0.2) is 0 Å². The second-order valence-electron chi connectivity index (χ2n) is 16.8. The van der Waals surface area contributed by atoms with E-state index in [0.29, 0.717) is 0 Å². The Morgan fingerprint density at radius 2 is 0.639 bits per heavy atom. The molecule has 0 fully saturated rings. The molecular weight excluding hydrogens is 733 g/mol. The summed E-state index contributed by atoms with van der Waals surface area (Å²) in [5.41, 5.74) is 20.1. The summed E-state index contributed by atoms with van der Waals surface area (Å²) in [6, 6.07) is 86.2. The molecule has 1 spiro atoms. The van der Waals surface area contributed by atoms with E-state index in [4.69, 9.17) is 0 Å². The summed E-state index contributed by atoms with van der Waals surface area (Å²) < 4.78 is 0. The molecule has 2 aliphatic carbocycles. The first-order chi connectivity index (χ1) is 30.2. The Kier molecular flexibility index (Phi) is 7.32. The van der Waals surface area contributed by atoms with Crippen molar-refractivity contribution in [3.63, 3.8) is 0 Å². The Morgan fingerprint density at radius 3 is 1.21 bits per heavy atom. The SMILES string of the molecule is c1ccc(-c2ccc3cc(-c4ccc5c(c4)C4(c6ccccc6-c6ccccc64)c4cc(-c6ccc7cc(-c8ccccc8)ccc7c6)c6ccccc6c4-5)ccc3c2)cc1. The molecule has 0 heterocycles. The van der Waals surface area contributed by atoms with E-state index in [0.717, 1.165) is 0 Å². The third-order valence-electron chi connectivity index (χ3n) is 13.6. The molecule has 11 aromatic rings. The van der Waals surface area contributed by atoms with Crippen molar-refractivity contribution < 1.29 is 0 Å². The monoisotopic (exact) mass is 770 g/mol. The highest BCUT2D eigenvalue weighted by Crippen LogP contribution is 2.64. The van der Waals surface area contributed by atoms with E-state index in [-0.39, 0.29) is 0 Å². The minimum Gasteiger partial charge on any atom is -0.0622 e. The molecule has 0 bridgehead atoms. The van der Waals surface area contributed by atoms with E-state index in [2.05, 4.69) is 231 Å². The molecule has 0 aliphatic heterocycles. The van der Waals surface area contributed by atoms with Gasteiger partial charge in [0.05, 0.1) is 5.41 Å². The Bertz CT molecular complexity index is 3530. The van der Waals surface area contributed by atoms with Gasteiger partial charge < -0.3 is 0 Å². The van der Waals surface area contributed by atoms with Crippen LogP contribution in [0.2, 0.25) is 0 Å². The van der Waals surface area contributed by atoms with Crippen molar-refractivity contribution in [1.82, 2.24) is 0 Å². The van der Waals surface area contributed by atoms with E-state index in [9.17, 15) is 0 Å². The number of rotatable bonds is 4. The highest BCUT2D eigenvalue weighted by atomic mass is 14.5. The van der Waals surface area contributed by atoms with Gasteiger partial charge in [-0.2, -0.15) is 0 Å². The normalized spacial score (nSPS) is 13.0. The zero-order chi connectivity index (χ0) is 40.1. The van der Waals surface area contributed by atoms with Crippen molar-refractivity contribution in [2.24, 2.45) is 0 Å². The smallest absolute Gasteiger partial charge is 0.0622 e. The van der Waals surface area contributed by atoms with Crippen LogP contribution in [0.5, 0.6) is 0 Å². The lowest BCUT2D eigenvalue weighted by Gasteiger charge is -2.31. The van der Waals surface area contributed by atoms with Crippen molar-refractivity contribution >= 4 is 32.3 Å². The topological polar surface area (TPSA) is 0 Å². The van der Waals surface area contributed by atoms with Gasteiger partial charge in [-0.25, -0.2) is 0 Å². The second kappa shape index (κ2) is 13.1. The van der Waals surface area contributed by atoms with Gasteiger partial charge in [0.2, 0.25) is 0 Å². The van der Waals surface area contributed by atoms with Crippen LogP contribution < -0.4 is 0 Å². The van der Waals surface area contributed by atoms with Gasteiger partial charge in [0, 0.05) is 0 Å². The Hall–Kier alpha value is -7.80. The predicted octanol–water partition coefficient (Wildman–Crippen LogP) is 16.2. The van der Waals surface area contributed by atoms with Crippen LogP contribution in [0.25, 0.3) is 99.1 Å². The van der Waals surface area contributed by atoms with Gasteiger partial charge >= 0.3 is 0 Å². The second-order valence-corrected chi connectivity index (χ2v) is 16.8. The summed E-state index contributed by atoms with van der Waals surface area (Å²) in [5, 5.41) is 7.55. The van der Waals surface area contributed by atoms with Gasteiger partial charge in [-0.15, -0.1) is 0 Å². The quantitative estimate of drug-likeness (QED) is 0.167.